The summed E-state index contributed by atoms with van der Waals surface area (Å²) in [7, 11) is 0. The van der Waals surface area contributed by atoms with Gasteiger partial charge in [-0.15, -0.1) is 13.2 Å². The lowest BCUT2D eigenvalue weighted by atomic mass is 10.2. The number of amides is 2. The van der Waals surface area contributed by atoms with Crippen LogP contribution < -0.4 is 0 Å². The molecule has 0 atom stereocenters. The van der Waals surface area contributed by atoms with Gasteiger partial charge in [0.05, 0.1) is 22.3 Å². The molecule has 1 saturated heterocycles. The number of nitrogens with zero attached hydrogens (tertiary/aromatic N) is 4. The summed E-state index contributed by atoms with van der Waals surface area (Å²) in [5.74, 6) is 0.00416. The maximum atomic E-state index is 12.6. The first-order valence-corrected chi connectivity index (χ1v) is 9.31. The summed E-state index contributed by atoms with van der Waals surface area (Å²) in [6.07, 6.45) is 3.30. The molecule has 26 heavy (non-hydrogen) atoms. The third-order valence-electron chi connectivity index (χ3n) is 3.97. The molecule has 3 heterocycles. The summed E-state index contributed by atoms with van der Waals surface area (Å²) in [5, 5.41) is 0.319. The normalized spacial score (nSPS) is 13.6. The summed E-state index contributed by atoms with van der Waals surface area (Å²) >= 11 is 3.17. The van der Waals surface area contributed by atoms with Crippen LogP contribution in [0.2, 0.25) is 0 Å². The molecule has 0 saturated carbocycles. The predicted molar refractivity (Wildman–Crippen MR) is 105 cm³/mol. The second-order valence-corrected chi connectivity index (χ2v) is 6.01. The Labute approximate surface area is 161 Å². The first kappa shape index (κ1) is 19.8. The Kier molecular flexibility index (Phi) is 7.47. The van der Waals surface area contributed by atoms with Crippen molar-refractivity contribution in [1.82, 2.24) is 19.8 Å². The van der Waals surface area contributed by atoms with Crippen molar-refractivity contribution in [3.63, 3.8) is 0 Å². The molecule has 1 aliphatic heterocycles. The fourth-order valence-electron chi connectivity index (χ4n) is 2.61. The first-order chi connectivity index (χ1) is 12.7. The van der Waals surface area contributed by atoms with Gasteiger partial charge in [-0.3, -0.25) is 19.6 Å². The van der Waals surface area contributed by atoms with E-state index < -0.39 is 0 Å². The Morgan fingerprint density at radius 3 is 2.15 bits per heavy atom. The highest BCUT2D eigenvalue weighted by atomic mass is 79.9. The minimum absolute atomic E-state index is 0.0546. The van der Waals surface area contributed by atoms with Crippen LogP contribution in [0.25, 0.3) is 11.4 Å². The molecule has 0 N–H and O–H groups in total. The van der Waals surface area contributed by atoms with Crippen molar-refractivity contribution >= 4 is 27.7 Å². The van der Waals surface area contributed by atoms with Gasteiger partial charge < -0.3 is 9.80 Å². The molecule has 1 aliphatic rings. The Bertz CT molecular complexity index is 729. The highest BCUT2D eigenvalue weighted by molar-refractivity contribution is 9.09. The molecular formula is C19H21BrN4O2. The zero-order valence-corrected chi connectivity index (χ0v) is 16.1. The monoisotopic (exact) mass is 416 g/mol. The Morgan fingerprint density at radius 1 is 0.962 bits per heavy atom. The fraction of sp³-hybridized carbons (Fsp3) is 0.263. The molecule has 0 aliphatic carbocycles. The third kappa shape index (κ3) is 4.76. The van der Waals surface area contributed by atoms with Gasteiger partial charge in [-0.1, -0.05) is 22.0 Å². The zero-order chi connectivity index (χ0) is 18.9. The van der Waals surface area contributed by atoms with Crippen LogP contribution in [-0.2, 0) is 4.79 Å². The number of carbonyl (C=O) groups excluding carboxylic acids is 2. The number of alkyl halides is 1. The topological polar surface area (TPSA) is 66.4 Å². The van der Waals surface area contributed by atoms with Crippen LogP contribution in [-0.4, -0.2) is 63.1 Å². The van der Waals surface area contributed by atoms with E-state index >= 15 is 0 Å². The van der Waals surface area contributed by atoms with Crippen LogP contribution in [0.5, 0.6) is 0 Å². The van der Waals surface area contributed by atoms with Gasteiger partial charge >= 0.3 is 0 Å². The van der Waals surface area contributed by atoms with Gasteiger partial charge in [0.25, 0.3) is 5.91 Å². The van der Waals surface area contributed by atoms with Gasteiger partial charge in [0.15, 0.2) is 0 Å². The highest BCUT2D eigenvalue weighted by Gasteiger charge is 2.24. The van der Waals surface area contributed by atoms with Gasteiger partial charge in [-0.25, -0.2) is 0 Å². The molecule has 3 rings (SSSR count). The molecule has 7 heteroatoms. The van der Waals surface area contributed by atoms with Gasteiger partial charge in [-0.2, -0.15) is 0 Å². The Hall–Kier alpha value is -2.54. The maximum Gasteiger partial charge on any atom is 0.255 e. The van der Waals surface area contributed by atoms with E-state index in [0.29, 0.717) is 37.1 Å². The van der Waals surface area contributed by atoms with Crippen molar-refractivity contribution in [3.8, 4) is 11.4 Å². The van der Waals surface area contributed by atoms with E-state index in [-0.39, 0.29) is 11.8 Å². The minimum Gasteiger partial charge on any atom is -0.338 e. The number of rotatable bonds is 3. The molecular weight excluding hydrogens is 396 g/mol. The number of piperazine rings is 1. The molecule has 0 spiro atoms. The largest absolute Gasteiger partial charge is 0.338 e. The number of carbonyl (C=O) groups is 2. The van der Waals surface area contributed by atoms with Gasteiger partial charge in [-0.05, 0) is 24.3 Å². The van der Waals surface area contributed by atoms with Crippen LogP contribution in [0.15, 0.2) is 55.9 Å². The van der Waals surface area contributed by atoms with Gasteiger partial charge in [0.1, 0.15) is 0 Å². The lowest BCUT2D eigenvalue weighted by Crippen LogP contribution is -2.50. The van der Waals surface area contributed by atoms with Crippen LogP contribution in [0.3, 0.4) is 0 Å². The molecule has 0 aromatic carbocycles. The standard InChI is InChI=1S/C17H17BrN4O2.C2H4/c18-11-16(23)21-7-9-22(10-8-21)17(24)13-4-5-15(20-12-13)14-3-1-2-6-19-14;1-2/h1-6,12H,7-11H2;1-2H2. The summed E-state index contributed by atoms with van der Waals surface area (Å²) < 4.78 is 0. The maximum absolute atomic E-state index is 12.6. The van der Waals surface area contributed by atoms with E-state index in [2.05, 4.69) is 39.1 Å². The molecule has 0 radical (unpaired) electrons. The highest BCUT2D eigenvalue weighted by Crippen LogP contribution is 2.15. The predicted octanol–water partition coefficient (Wildman–Crippen LogP) is 2.63. The Morgan fingerprint density at radius 2 is 1.62 bits per heavy atom. The fourth-order valence-corrected chi connectivity index (χ4v) is 2.97. The van der Waals surface area contributed by atoms with Crippen LogP contribution in [0, 0.1) is 0 Å². The number of aromatic nitrogens is 2. The molecule has 0 bridgehead atoms. The van der Waals surface area contributed by atoms with E-state index in [1.54, 1.807) is 34.3 Å². The number of hydrogen-bond donors (Lipinski definition) is 0. The summed E-state index contributed by atoms with van der Waals surface area (Å²) in [6, 6.07) is 9.21. The van der Waals surface area contributed by atoms with Crippen molar-refractivity contribution in [3.05, 3.63) is 61.4 Å². The van der Waals surface area contributed by atoms with Gasteiger partial charge in [0.2, 0.25) is 5.91 Å². The second-order valence-electron chi connectivity index (χ2n) is 5.45. The van der Waals surface area contributed by atoms with E-state index in [1.165, 1.54) is 0 Å². The summed E-state index contributed by atoms with van der Waals surface area (Å²) in [5.41, 5.74) is 2.06. The molecule has 1 fully saturated rings. The van der Waals surface area contributed by atoms with Crippen LogP contribution >= 0.6 is 15.9 Å². The average molecular weight is 417 g/mol. The van der Waals surface area contributed by atoms with Crippen molar-refractivity contribution in [1.29, 1.82) is 0 Å². The number of pyridine rings is 2. The molecule has 2 aromatic heterocycles. The second kappa shape index (κ2) is 9.82. The van der Waals surface area contributed by atoms with Crippen LogP contribution in [0.1, 0.15) is 10.4 Å². The van der Waals surface area contributed by atoms with Crippen molar-refractivity contribution in [2.75, 3.05) is 31.5 Å². The summed E-state index contributed by atoms with van der Waals surface area (Å²) in [4.78, 5) is 36.3. The van der Waals surface area contributed by atoms with Crippen LogP contribution in [0.4, 0.5) is 0 Å². The van der Waals surface area contributed by atoms with Gasteiger partial charge in [0, 0.05) is 38.6 Å². The van der Waals surface area contributed by atoms with E-state index in [9.17, 15) is 9.59 Å². The molecule has 136 valence electrons. The quantitative estimate of drug-likeness (QED) is 0.569. The minimum atomic E-state index is -0.0546. The number of hydrogen-bond acceptors (Lipinski definition) is 4. The van der Waals surface area contributed by atoms with Crippen molar-refractivity contribution in [2.45, 2.75) is 0 Å². The van der Waals surface area contributed by atoms with Crippen molar-refractivity contribution in [2.24, 2.45) is 0 Å². The Balaban J connectivity index is 0.00000117. The SMILES string of the molecule is C=C.O=C(CBr)N1CCN(C(=O)c2ccc(-c3ccccn3)nc2)CC1. The lowest BCUT2D eigenvalue weighted by molar-refractivity contribution is -0.129. The average Bonchev–Trinajstić information content (AvgIpc) is 2.75. The number of halogens is 1. The molecule has 2 aromatic rings. The molecule has 0 unspecified atom stereocenters. The van der Waals surface area contributed by atoms with Crippen molar-refractivity contribution < 1.29 is 9.59 Å². The van der Waals surface area contributed by atoms with E-state index in [0.717, 1.165) is 11.4 Å². The van der Waals surface area contributed by atoms with E-state index in [1.807, 2.05) is 18.2 Å². The summed E-state index contributed by atoms with van der Waals surface area (Å²) in [6.45, 7) is 8.21. The molecule has 6 nitrogen and oxygen atoms in total. The smallest absolute Gasteiger partial charge is 0.255 e. The van der Waals surface area contributed by atoms with E-state index in [4.69, 9.17) is 0 Å². The lowest BCUT2D eigenvalue weighted by Gasteiger charge is -2.34. The third-order valence-corrected chi connectivity index (χ3v) is 4.45. The zero-order valence-electron chi connectivity index (χ0n) is 14.5. The first-order valence-electron chi connectivity index (χ1n) is 8.19. The molecule has 2 amide bonds.